The standard InChI is InChI=1S/C12H15N3O3/c16-11(8-1-2-9(5-8)12(17)18)14-6-10-3-4-13-7-15-10/h3-4,7-9H,1-2,5-6H2,(H,14,16)(H,17,18). The van der Waals surface area contributed by atoms with Crippen molar-refractivity contribution in [2.75, 3.05) is 0 Å². The Morgan fingerprint density at radius 3 is 2.78 bits per heavy atom. The summed E-state index contributed by atoms with van der Waals surface area (Å²) >= 11 is 0. The maximum absolute atomic E-state index is 11.8. The molecule has 2 atom stereocenters. The molecule has 2 unspecified atom stereocenters. The summed E-state index contributed by atoms with van der Waals surface area (Å²) in [5.74, 6) is -1.45. The van der Waals surface area contributed by atoms with Gasteiger partial charge < -0.3 is 10.4 Å². The van der Waals surface area contributed by atoms with E-state index in [1.54, 1.807) is 12.3 Å². The summed E-state index contributed by atoms with van der Waals surface area (Å²) in [7, 11) is 0. The summed E-state index contributed by atoms with van der Waals surface area (Å²) in [5.41, 5.74) is 0.742. The van der Waals surface area contributed by atoms with Gasteiger partial charge in [0.15, 0.2) is 0 Å². The van der Waals surface area contributed by atoms with Crippen LogP contribution in [0.3, 0.4) is 0 Å². The molecular formula is C12H15N3O3. The molecule has 1 fully saturated rings. The molecular weight excluding hydrogens is 234 g/mol. The lowest BCUT2D eigenvalue weighted by molar-refractivity contribution is -0.141. The number of hydrogen-bond acceptors (Lipinski definition) is 4. The highest BCUT2D eigenvalue weighted by Gasteiger charge is 2.33. The Labute approximate surface area is 104 Å². The van der Waals surface area contributed by atoms with E-state index >= 15 is 0 Å². The van der Waals surface area contributed by atoms with Crippen LogP contribution >= 0.6 is 0 Å². The lowest BCUT2D eigenvalue weighted by Gasteiger charge is -2.10. The molecule has 0 saturated heterocycles. The van der Waals surface area contributed by atoms with E-state index in [1.165, 1.54) is 6.33 Å². The van der Waals surface area contributed by atoms with Crippen molar-refractivity contribution in [3.63, 3.8) is 0 Å². The van der Waals surface area contributed by atoms with Crippen LogP contribution in [0.4, 0.5) is 0 Å². The van der Waals surface area contributed by atoms with Crippen LogP contribution in [0.2, 0.25) is 0 Å². The molecule has 6 heteroatoms. The van der Waals surface area contributed by atoms with E-state index in [2.05, 4.69) is 15.3 Å². The Balaban J connectivity index is 1.81. The Kier molecular flexibility index (Phi) is 3.86. The predicted molar refractivity (Wildman–Crippen MR) is 62.3 cm³/mol. The lowest BCUT2D eigenvalue weighted by Crippen LogP contribution is -2.29. The van der Waals surface area contributed by atoms with E-state index in [0.717, 1.165) is 5.69 Å². The van der Waals surface area contributed by atoms with Crippen molar-refractivity contribution < 1.29 is 14.7 Å². The Morgan fingerprint density at radius 1 is 1.39 bits per heavy atom. The molecule has 1 amide bonds. The zero-order valence-corrected chi connectivity index (χ0v) is 9.87. The second-order valence-electron chi connectivity index (χ2n) is 4.46. The summed E-state index contributed by atoms with van der Waals surface area (Å²) in [6.07, 6.45) is 4.71. The Bertz CT molecular complexity index is 435. The first-order valence-corrected chi connectivity index (χ1v) is 5.92. The fourth-order valence-corrected chi connectivity index (χ4v) is 2.19. The van der Waals surface area contributed by atoms with Crippen LogP contribution in [0.15, 0.2) is 18.6 Å². The Hall–Kier alpha value is -1.98. The van der Waals surface area contributed by atoms with E-state index in [1.807, 2.05) is 0 Å². The fourth-order valence-electron chi connectivity index (χ4n) is 2.19. The number of carbonyl (C=O) groups is 2. The number of amides is 1. The number of carbonyl (C=O) groups excluding carboxylic acids is 1. The third-order valence-electron chi connectivity index (χ3n) is 3.24. The zero-order valence-electron chi connectivity index (χ0n) is 9.87. The summed E-state index contributed by atoms with van der Waals surface area (Å²) in [6.45, 7) is 0.357. The third-order valence-corrected chi connectivity index (χ3v) is 3.24. The maximum Gasteiger partial charge on any atom is 0.306 e. The minimum absolute atomic E-state index is 0.0858. The molecule has 6 nitrogen and oxygen atoms in total. The number of rotatable bonds is 4. The van der Waals surface area contributed by atoms with Gasteiger partial charge >= 0.3 is 5.97 Å². The van der Waals surface area contributed by atoms with Crippen molar-refractivity contribution in [1.82, 2.24) is 15.3 Å². The van der Waals surface area contributed by atoms with Gasteiger partial charge in [-0.25, -0.2) is 9.97 Å². The smallest absolute Gasteiger partial charge is 0.306 e. The van der Waals surface area contributed by atoms with Gasteiger partial charge in [0.2, 0.25) is 5.91 Å². The minimum atomic E-state index is -0.805. The lowest BCUT2D eigenvalue weighted by atomic mass is 10.0. The highest BCUT2D eigenvalue weighted by Crippen LogP contribution is 2.31. The molecule has 1 aliphatic rings. The van der Waals surface area contributed by atoms with Gasteiger partial charge in [0.25, 0.3) is 0 Å². The van der Waals surface area contributed by atoms with Crippen molar-refractivity contribution in [2.45, 2.75) is 25.8 Å². The maximum atomic E-state index is 11.8. The van der Waals surface area contributed by atoms with Gasteiger partial charge in [-0.3, -0.25) is 9.59 Å². The number of nitrogens with one attached hydrogen (secondary N) is 1. The molecule has 96 valence electrons. The molecule has 1 saturated carbocycles. The molecule has 0 bridgehead atoms. The normalized spacial score (nSPS) is 22.7. The van der Waals surface area contributed by atoms with Gasteiger partial charge in [0.05, 0.1) is 18.2 Å². The molecule has 2 N–H and O–H groups in total. The van der Waals surface area contributed by atoms with Crippen molar-refractivity contribution >= 4 is 11.9 Å². The second kappa shape index (κ2) is 5.57. The second-order valence-corrected chi connectivity index (χ2v) is 4.46. The van der Waals surface area contributed by atoms with Gasteiger partial charge in [-0.1, -0.05) is 0 Å². The number of aromatic nitrogens is 2. The number of carboxylic acid groups (broad SMARTS) is 1. The highest BCUT2D eigenvalue weighted by atomic mass is 16.4. The predicted octanol–water partition coefficient (Wildman–Crippen LogP) is 0.594. The van der Waals surface area contributed by atoms with Gasteiger partial charge in [-0.05, 0) is 25.3 Å². The molecule has 1 aromatic heterocycles. The van der Waals surface area contributed by atoms with Crippen LogP contribution < -0.4 is 5.32 Å². The van der Waals surface area contributed by atoms with Gasteiger partial charge in [-0.15, -0.1) is 0 Å². The van der Waals surface area contributed by atoms with E-state index < -0.39 is 5.97 Å². The van der Waals surface area contributed by atoms with Gasteiger partial charge in [0, 0.05) is 12.1 Å². The van der Waals surface area contributed by atoms with Crippen molar-refractivity contribution in [3.05, 3.63) is 24.3 Å². The molecule has 18 heavy (non-hydrogen) atoms. The van der Waals surface area contributed by atoms with Crippen LogP contribution in [0.1, 0.15) is 25.0 Å². The van der Waals surface area contributed by atoms with Crippen LogP contribution in [0.5, 0.6) is 0 Å². The summed E-state index contributed by atoms with van der Waals surface area (Å²) < 4.78 is 0. The summed E-state index contributed by atoms with van der Waals surface area (Å²) in [4.78, 5) is 30.4. The Morgan fingerprint density at radius 2 is 2.17 bits per heavy atom. The molecule has 0 aliphatic heterocycles. The highest BCUT2D eigenvalue weighted by molar-refractivity contribution is 5.80. The molecule has 0 radical (unpaired) electrons. The first kappa shape index (κ1) is 12.5. The monoisotopic (exact) mass is 249 g/mol. The molecule has 1 heterocycles. The van der Waals surface area contributed by atoms with Crippen molar-refractivity contribution in [1.29, 1.82) is 0 Å². The number of carboxylic acids is 1. The van der Waals surface area contributed by atoms with Crippen LogP contribution in [-0.2, 0) is 16.1 Å². The molecule has 1 aromatic rings. The van der Waals surface area contributed by atoms with E-state index in [9.17, 15) is 9.59 Å². The van der Waals surface area contributed by atoms with E-state index in [4.69, 9.17) is 5.11 Å². The van der Waals surface area contributed by atoms with E-state index in [0.29, 0.717) is 25.8 Å². The fraction of sp³-hybridized carbons (Fsp3) is 0.500. The quantitative estimate of drug-likeness (QED) is 0.815. The van der Waals surface area contributed by atoms with Gasteiger partial charge in [0.1, 0.15) is 6.33 Å². The number of hydrogen-bond donors (Lipinski definition) is 2. The number of aliphatic carboxylic acids is 1. The largest absolute Gasteiger partial charge is 0.481 e. The van der Waals surface area contributed by atoms with Crippen LogP contribution in [-0.4, -0.2) is 27.0 Å². The molecule has 1 aliphatic carbocycles. The zero-order chi connectivity index (χ0) is 13.0. The molecule has 0 aromatic carbocycles. The topological polar surface area (TPSA) is 92.2 Å². The van der Waals surface area contributed by atoms with Crippen molar-refractivity contribution in [3.8, 4) is 0 Å². The minimum Gasteiger partial charge on any atom is -0.481 e. The third kappa shape index (κ3) is 3.03. The molecule has 2 rings (SSSR count). The van der Waals surface area contributed by atoms with Crippen LogP contribution in [0.25, 0.3) is 0 Å². The van der Waals surface area contributed by atoms with Crippen molar-refractivity contribution in [2.24, 2.45) is 11.8 Å². The molecule has 0 spiro atoms. The SMILES string of the molecule is O=C(O)C1CCC(C(=O)NCc2ccncn2)C1. The first-order valence-electron chi connectivity index (χ1n) is 5.92. The number of nitrogens with zero attached hydrogens (tertiary/aromatic N) is 2. The van der Waals surface area contributed by atoms with Crippen LogP contribution in [0, 0.1) is 11.8 Å². The average molecular weight is 249 g/mol. The van der Waals surface area contributed by atoms with E-state index in [-0.39, 0.29) is 17.7 Å². The van der Waals surface area contributed by atoms with Gasteiger partial charge in [-0.2, -0.15) is 0 Å². The average Bonchev–Trinajstić information content (AvgIpc) is 2.87. The summed E-state index contributed by atoms with van der Waals surface area (Å²) in [6, 6.07) is 1.73. The summed E-state index contributed by atoms with van der Waals surface area (Å²) in [5, 5.41) is 11.7. The first-order chi connectivity index (χ1) is 8.66.